The highest BCUT2D eigenvalue weighted by Gasteiger charge is 2.22. The number of nitrogens with zero attached hydrogens (tertiary/aromatic N) is 3. The summed E-state index contributed by atoms with van der Waals surface area (Å²) in [6.07, 6.45) is 1.58. The lowest BCUT2D eigenvalue weighted by molar-refractivity contribution is -0.138. The van der Waals surface area contributed by atoms with Gasteiger partial charge in [-0.2, -0.15) is 5.10 Å². The van der Waals surface area contributed by atoms with Gasteiger partial charge in [0, 0.05) is 11.6 Å². The van der Waals surface area contributed by atoms with Gasteiger partial charge in [-0.25, -0.2) is 9.67 Å². The molecule has 142 valence electrons. The van der Waals surface area contributed by atoms with Gasteiger partial charge in [0.2, 0.25) is 0 Å². The first-order valence-corrected chi connectivity index (χ1v) is 8.68. The molecule has 0 saturated carbocycles. The topological polar surface area (TPSA) is 110 Å². The van der Waals surface area contributed by atoms with Crippen molar-refractivity contribution in [2.24, 2.45) is 0 Å². The third-order valence-electron chi connectivity index (χ3n) is 4.34. The number of hydrogen-bond donors (Lipinski definition) is 2. The van der Waals surface area contributed by atoms with Crippen LogP contribution >= 0.6 is 0 Å². The molecule has 0 radical (unpaired) electrons. The van der Waals surface area contributed by atoms with Gasteiger partial charge in [0.1, 0.15) is 17.6 Å². The van der Waals surface area contributed by atoms with Crippen molar-refractivity contribution in [1.82, 2.24) is 20.1 Å². The van der Waals surface area contributed by atoms with Crippen LogP contribution in [0, 0.1) is 13.8 Å². The fraction of sp³-hybridized carbons (Fsp3) is 0.368. The average Bonchev–Trinajstić information content (AvgIpc) is 3.16. The minimum atomic E-state index is -1.10. The number of carbonyl (C=O) groups excluding carboxylic acids is 1. The first kappa shape index (κ1) is 18.6. The number of fused-ring (bicyclic) bond motifs is 1. The van der Waals surface area contributed by atoms with Crippen molar-refractivity contribution >= 4 is 22.9 Å². The second-order valence-electron chi connectivity index (χ2n) is 6.84. The van der Waals surface area contributed by atoms with E-state index >= 15 is 0 Å². The quantitative estimate of drug-likeness (QED) is 0.714. The minimum absolute atomic E-state index is 0.0475. The molecule has 27 heavy (non-hydrogen) atoms. The summed E-state index contributed by atoms with van der Waals surface area (Å²) in [6, 6.07) is 2.55. The Hall–Kier alpha value is -3.16. The zero-order valence-electron chi connectivity index (χ0n) is 15.9. The Morgan fingerprint density at radius 2 is 1.93 bits per heavy atom. The molecule has 3 rings (SSSR count). The molecule has 0 aliphatic rings. The summed E-state index contributed by atoms with van der Waals surface area (Å²) < 4.78 is 7.33. The van der Waals surface area contributed by atoms with Gasteiger partial charge >= 0.3 is 5.97 Å². The molecule has 0 unspecified atom stereocenters. The van der Waals surface area contributed by atoms with Crippen LogP contribution in [0.3, 0.4) is 0 Å². The standard InChI is InChI=1S/C19H22N4O4/c1-9(2)23-17-15(8-20-23)14(18(24)21-11(4)19(25)26)7-16(22-17)13-6-10(3)27-12(13)5/h6-9,11H,1-5H3,(H,21,24)(H,25,26)/t11-/m1/s1. The Morgan fingerprint density at radius 1 is 1.22 bits per heavy atom. The number of nitrogens with one attached hydrogen (secondary N) is 1. The summed E-state index contributed by atoms with van der Waals surface area (Å²) in [6.45, 7) is 9.04. The summed E-state index contributed by atoms with van der Waals surface area (Å²) in [7, 11) is 0. The van der Waals surface area contributed by atoms with Gasteiger partial charge in [0.05, 0.1) is 22.8 Å². The Kier molecular flexibility index (Phi) is 4.73. The summed E-state index contributed by atoms with van der Waals surface area (Å²) in [4.78, 5) is 28.6. The fourth-order valence-electron chi connectivity index (χ4n) is 2.94. The van der Waals surface area contributed by atoms with Crippen LogP contribution in [0.5, 0.6) is 0 Å². The highest BCUT2D eigenvalue weighted by Crippen LogP contribution is 2.30. The lowest BCUT2D eigenvalue weighted by Gasteiger charge is -2.12. The predicted molar refractivity (Wildman–Crippen MR) is 99.7 cm³/mol. The van der Waals surface area contributed by atoms with Crippen molar-refractivity contribution in [2.75, 3.05) is 0 Å². The molecular weight excluding hydrogens is 348 g/mol. The Labute approximate surface area is 156 Å². The molecule has 0 spiro atoms. The van der Waals surface area contributed by atoms with Crippen molar-refractivity contribution in [3.8, 4) is 11.3 Å². The van der Waals surface area contributed by atoms with Crippen LogP contribution in [0.1, 0.15) is 48.7 Å². The lowest BCUT2D eigenvalue weighted by atomic mass is 10.1. The fourth-order valence-corrected chi connectivity index (χ4v) is 2.94. The zero-order chi connectivity index (χ0) is 19.9. The number of pyridine rings is 1. The Bertz CT molecular complexity index is 1030. The van der Waals surface area contributed by atoms with E-state index < -0.39 is 17.9 Å². The van der Waals surface area contributed by atoms with E-state index in [1.165, 1.54) is 6.92 Å². The molecule has 1 atom stereocenters. The van der Waals surface area contributed by atoms with Gasteiger partial charge in [0.15, 0.2) is 5.65 Å². The number of aliphatic carboxylic acids is 1. The SMILES string of the molecule is Cc1cc(-c2cc(C(=O)N[C@H](C)C(=O)O)c3cnn(C(C)C)c3n2)c(C)o1. The van der Waals surface area contributed by atoms with E-state index in [0.717, 1.165) is 11.3 Å². The predicted octanol–water partition coefficient (Wildman–Crippen LogP) is 3.09. The highest BCUT2D eigenvalue weighted by molar-refractivity contribution is 6.07. The van der Waals surface area contributed by atoms with Crippen molar-refractivity contribution < 1.29 is 19.1 Å². The maximum atomic E-state index is 12.8. The van der Waals surface area contributed by atoms with Crippen LogP contribution in [0.25, 0.3) is 22.3 Å². The molecule has 2 N–H and O–H groups in total. The molecule has 0 aliphatic heterocycles. The Balaban J connectivity index is 2.20. The lowest BCUT2D eigenvalue weighted by Crippen LogP contribution is -2.38. The van der Waals surface area contributed by atoms with Crippen molar-refractivity contribution in [2.45, 2.75) is 46.7 Å². The number of carboxylic acid groups (broad SMARTS) is 1. The van der Waals surface area contributed by atoms with Crippen LogP contribution < -0.4 is 5.32 Å². The van der Waals surface area contributed by atoms with E-state index in [9.17, 15) is 9.59 Å². The number of carbonyl (C=O) groups is 2. The molecular formula is C19H22N4O4. The molecule has 0 bridgehead atoms. The van der Waals surface area contributed by atoms with Crippen LogP contribution in [-0.4, -0.2) is 37.8 Å². The van der Waals surface area contributed by atoms with E-state index in [-0.39, 0.29) is 6.04 Å². The molecule has 0 aromatic carbocycles. The normalized spacial score (nSPS) is 12.5. The van der Waals surface area contributed by atoms with E-state index in [0.29, 0.717) is 28.1 Å². The van der Waals surface area contributed by atoms with Gasteiger partial charge in [-0.1, -0.05) is 0 Å². The van der Waals surface area contributed by atoms with Crippen LogP contribution in [-0.2, 0) is 4.79 Å². The van der Waals surface area contributed by atoms with Gasteiger partial charge < -0.3 is 14.8 Å². The van der Waals surface area contributed by atoms with E-state index in [1.807, 2.05) is 33.8 Å². The maximum Gasteiger partial charge on any atom is 0.325 e. The Morgan fingerprint density at radius 3 is 2.48 bits per heavy atom. The number of hydrogen-bond acceptors (Lipinski definition) is 5. The first-order valence-electron chi connectivity index (χ1n) is 8.68. The molecule has 8 nitrogen and oxygen atoms in total. The van der Waals surface area contributed by atoms with Crippen LogP contribution in [0.15, 0.2) is 22.7 Å². The second kappa shape index (κ2) is 6.86. The smallest absolute Gasteiger partial charge is 0.325 e. The number of amides is 1. The highest BCUT2D eigenvalue weighted by atomic mass is 16.4. The summed E-state index contributed by atoms with van der Waals surface area (Å²) in [5, 5.41) is 16.5. The van der Waals surface area contributed by atoms with Crippen molar-refractivity contribution in [3.63, 3.8) is 0 Å². The molecule has 0 saturated heterocycles. The molecule has 0 aliphatic carbocycles. The summed E-state index contributed by atoms with van der Waals surface area (Å²) in [5.74, 6) is -0.153. The minimum Gasteiger partial charge on any atom is -0.480 e. The van der Waals surface area contributed by atoms with E-state index in [1.54, 1.807) is 16.9 Å². The summed E-state index contributed by atoms with van der Waals surface area (Å²) >= 11 is 0. The molecule has 0 fully saturated rings. The number of aromatic nitrogens is 3. The maximum absolute atomic E-state index is 12.8. The van der Waals surface area contributed by atoms with E-state index in [2.05, 4.69) is 10.4 Å². The van der Waals surface area contributed by atoms with Gasteiger partial charge in [-0.3, -0.25) is 9.59 Å². The van der Waals surface area contributed by atoms with Gasteiger partial charge in [-0.15, -0.1) is 0 Å². The second-order valence-corrected chi connectivity index (χ2v) is 6.84. The molecule has 3 heterocycles. The largest absolute Gasteiger partial charge is 0.480 e. The molecule has 1 amide bonds. The number of rotatable bonds is 5. The number of furan rings is 1. The molecule has 3 aromatic rings. The number of aryl methyl sites for hydroxylation is 2. The average molecular weight is 370 g/mol. The molecule has 3 aromatic heterocycles. The summed E-state index contributed by atoms with van der Waals surface area (Å²) in [5.41, 5.74) is 2.25. The third kappa shape index (κ3) is 3.42. The van der Waals surface area contributed by atoms with Crippen molar-refractivity contribution in [1.29, 1.82) is 0 Å². The monoisotopic (exact) mass is 370 g/mol. The van der Waals surface area contributed by atoms with E-state index in [4.69, 9.17) is 14.5 Å². The molecule has 8 heteroatoms. The third-order valence-corrected chi connectivity index (χ3v) is 4.34. The van der Waals surface area contributed by atoms with Gasteiger partial charge in [-0.05, 0) is 46.8 Å². The first-order chi connectivity index (χ1) is 12.7. The van der Waals surface area contributed by atoms with Crippen LogP contribution in [0.2, 0.25) is 0 Å². The number of carboxylic acids is 1. The van der Waals surface area contributed by atoms with Gasteiger partial charge in [0.25, 0.3) is 5.91 Å². The van der Waals surface area contributed by atoms with Crippen LogP contribution in [0.4, 0.5) is 0 Å². The zero-order valence-corrected chi connectivity index (χ0v) is 15.9. The van der Waals surface area contributed by atoms with Crippen molar-refractivity contribution in [3.05, 3.63) is 35.4 Å².